The number of fused-ring (bicyclic) bond motifs is 1. The van der Waals surface area contributed by atoms with Crippen LogP contribution in [0.2, 0.25) is 0 Å². The first-order valence-corrected chi connectivity index (χ1v) is 8.43. The van der Waals surface area contributed by atoms with E-state index in [0.717, 1.165) is 18.9 Å². The molecule has 132 valence electrons. The molecule has 1 N–H and O–H groups in total. The maximum Gasteiger partial charge on any atom is 0.161 e. The molecular formula is C17H16ClF2N4O-. The second-order valence-electron chi connectivity index (χ2n) is 6.39. The minimum atomic E-state index is -0.918. The zero-order valence-electron chi connectivity index (χ0n) is 13.5. The number of nitrogens with zero attached hydrogens (tertiary/aromatic N) is 4. The summed E-state index contributed by atoms with van der Waals surface area (Å²) >= 11 is 6.25. The highest BCUT2D eigenvalue weighted by molar-refractivity contribution is 6.30. The van der Waals surface area contributed by atoms with Crippen LogP contribution in [-0.4, -0.2) is 32.3 Å². The van der Waals surface area contributed by atoms with Gasteiger partial charge in [0.15, 0.2) is 11.6 Å². The van der Waals surface area contributed by atoms with Gasteiger partial charge in [0, 0.05) is 24.7 Å². The van der Waals surface area contributed by atoms with Crippen molar-refractivity contribution in [2.45, 2.75) is 31.9 Å². The third-order valence-corrected chi connectivity index (χ3v) is 4.50. The number of benzene rings is 1. The van der Waals surface area contributed by atoms with Gasteiger partial charge in [-0.1, -0.05) is 11.6 Å². The van der Waals surface area contributed by atoms with E-state index in [-0.39, 0.29) is 12.6 Å². The van der Waals surface area contributed by atoms with Gasteiger partial charge in [-0.2, -0.15) is 6.20 Å². The smallest absolute Gasteiger partial charge is 0.161 e. The van der Waals surface area contributed by atoms with Crippen molar-refractivity contribution >= 4 is 28.2 Å². The lowest BCUT2D eigenvalue weighted by molar-refractivity contribution is 0.163. The summed E-state index contributed by atoms with van der Waals surface area (Å²) in [5, 5.41) is 11.3. The van der Waals surface area contributed by atoms with Gasteiger partial charge in [-0.15, -0.1) is 0 Å². The van der Waals surface area contributed by atoms with Crippen molar-refractivity contribution in [1.29, 1.82) is 0 Å². The first-order valence-electron chi connectivity index (χ1n) is 8.05. The fraction of sp³-hybridized carbons (Fsp3) is 0.353. The van der Waals surface area contributed by atoms with Crippen LogP contribution < -0.4 is 0 Å². The fourth-order valence-corrected chi connectivity index (χ4v) is 3.16. The Bertz CT molecular complexity index is 902. The molecule has 1 aromatic heterocycles. The Hall–Kier alpha value is -2.12. The van der Waals surface area contributed by atoms with Crippen LogP contribution in [0, 0.1) is 11.6 Å². The molecular weight excluding hydrogens is 350 g/mol. The summed E-state index contributed by atoms with van der Waals surface area (Å²) in [6.45, 7) is 1.92. The Morgan fingerprint density at radius 1 is 1.36 bits per heavy atom. The molecule has 1 aliphatic heterocycles. The molecule has 1 aromatic carbocycles. The molecule has 25 heavy (non-hydrogen) atoms. The lowest BCUT2D eigenvalue weighted by Crippen LogP contribution is -2.26. The Labute approximate surface area is 148 Å². The van der Waals surface area contributed by atoms with Gasteiger partial charge in [-0.05, 0) is 31.4 Å². The third kappa shape index (κ3) is 2.98. The van der Waals surface area contributed by atoms with Gasteiger partial charge in [0.1, 0.15) is 5.82 Å². The first kappa shape index (κ1) is 16.4. The molecule has 2 aromatic rings. The summed E-state index contributed by atoms with van der Waals surface area (Å²) in [6, 6.07) is 2.51. The Morgan fingerprint density at radius 2 is 2.08 bits per heavy atom. The number of aliphatic hydroxyl groups excluding tert-OH is 1. The highest BCUT2D eigenvalue weighted by Crippen LogP contribution is 2.41. The molecule has 0 radical (unpaired) electrons. The topological polar surface area (TPSA) is 55.4 Å². The van der Waals surface area contributed by atoms with Gasteiger partial charge in [0.05, 0.1) is 22.3 Å². The van der Waals surface area contributed by atoms with Gasteiger partial charge < -0.3 is 20.1 Å². The molecule has 8 heteroatoms. The summed E-state index contributed by atoms with van der Waals surface area (Å²) in [6.07, 6.45) is 4.65. The molecule has 0 amide bonds. The number of allylic oxidation sites excluding steroid dienone is 2. The molecule has 5 nitrogen and oxygen atoms in total. The van der Waals surface area contributed by atoms with Gasteiger partial charge in [-0.3, -0.25) is 0 Å². The number of imidazole rings is 1. The van der Waals surface area contributed by atoms with Crippen LogP contribution in [0.25, 0.3) is 22.0 Å². The lowest BCUT2D eigenvalue weighted by Gasteiger charge is -2.41. The predicted molar refractivity (Wildman–Crippen MR) is 91.6 cm³/mol. The SMILES string of the molecule is CC(O)CN1[N-]C=C(c2nc3cc(F)c(F)cc3n2C2CC2)C=C1Cl. The maximum absolute atomic E-state index is 13.7. The van der Waals surface area contributed by atoms with E-state index >= 15 is 0 Å². The van der Waals surface area contributed by atoms with Crippen molar-refractivity contribution in [2.24, 2.45) is 0 Å². The Balaban J connectivity index is 1.77. The maximum atomic E-state index is 13.7. The quantitative estimate of drug-likeness (QED) is 0.831. The second kappa shape index (κ2) is 6.00. The minimum Gasteiger partial charge on any atom is -0.600 e. The van der Waals surface area contributed by atoms with Crippen molar-refractivity contribution in [3.63, 3.8) is 0 Å². The van der Waals surface area contributed by atoms with Gasteiger partial charge in [-0.25, -0.2) is 13.8 Å². The average Bonchev–Trinajstić information content (AvgIpc) is 3.32. The van der Waals surface area contributed by atoms with Crippen LogP contribution in [0.3, 0.4) is 0 Å². The van der Waals surface area contributed by atoms with Crippen LogP contribution in [0.15, 0.2) is 29.6 Å². The Kier molecular flexibility index (Phi) is 3.92. The normalized spacial score (nSPS) is 18.8. The van der Waals surface area contributed by atoms with Crippen LogP contribution in [0.5, 0.6) is 0 Å². The van der Waals surface area contributed by atoms with E-state index in [2.05, 4.69) is 10.4 Å². The van der Waals surface area contributed by atoms with Crippen molar-refractivity contribution in [3.8, 4) is 0 Å². The number of hydrogen-bond acceptors (Lipinski definition) is 3. The van der Waals surface area contributed by atoms with Crippen molar-refractivity contribution < 1.29 is 13.9 Å². The monoisotopic (exact) mass is 365 g/mol. The molecule has 1 saturated carbocycles. The van der Waals surface area contributed by atoms with Crippen molar-refractivity contribution in [1.82, 2.24) is 14.6 Å². The number of halogens is 3. The molecule has 1 aliphatic carbocycles. The van der Waals surface area contributed by atoms with E-state index in [9.17, 15) is 13.9 Å². The zero-order chi connectivity index (χ0) is 17.7. The summed E-state index contributed by atoms with van der Waals surface area (Å²) in [4.78, 5) is 4.48. The fourth-order valence-electron chi connectivity index (χ4n) is 2.93. The second-order valence-corrected chi connectivity index (χ2v) is 6.78. The highest BCUT2D eigenvalue weighted by Gasteiger charge is 2.29. The van der Waals surface area contributed by atoms with Gasteiger partial charge in [0.25, 0.3) is 0 Å². The van der Waals surface area contributed by atoms with Crippen LogP contribution in [0.1, 0.15) is 31.6 Å². The van der Waals surface area contributed by atoms with Crippen molar-refractivity contribution in [3.05, 3.63) is 52.4 Å². The standard InChI is InChI=1S/C17H16ClF2N4O/c1-9(25)8-23-16(18)4-10(7-21-23)17-22-14-5-12(19)13(20)6-15(14)24(17)11-2-3-11/h4-7,9,11,25H,2-3,8H2,1H3/q-1. The number of aromatic nitrogens is 2. The number of rotatable bonds is 4. The molecule has 1 fully saturated rings. The minimum absolute atomic E-state index is 0.216. The predicted octanol–water partition coefficient (Wildman–Crippen LogP) is 4.06. The summed E-state index contributed by atoms with van der Waals surface area (Å²) < 4.78 is 29.2. The Morgan fingerprint density at radius 3 is 2.72 bits per heavy atom. The number of hydrogen-bond donors (Lipinski definition) is 1. The molecule has 2 aliphatic rings. The lowest BCUT2D eigenvalue weighted by atomic mass is 10.2. The summed E-state index contributed by atoms with van der Waals surface area (Å²) in [7, 11) is 0. The molecule has 0 bridgehead atoms. The number of β-amino-alcohol motifs (C(OH)–C–C–N with tert-alkyl or cyclic N) is 1. The van der Waals surface area contributed by atoms with Crippen LogP contribution >= 0.6 is 11.6 Å². The molecule has 4 rings (SSSR count). The third-order valence-electron chi connectivity index (χ3n) is 4.20. The van der Waals surface area contributed by atoms with E-state index in [1.54, 1.807) is 19.2 Å². The first-order chi connectivity index (χ1) is 11.9. The number of aliphatic hydroxyl groups is 1. The van der Waals surface area contributed by atoms with E-state index < -0.39 is 17.7 Å². The van der Waals surface area contributed by atoms with E-state index in [4.69, 9.17) is 11.6 Å². The largest absolute Gasteiger partial charge is 0.600 e. The molecule has 1 unspecified atom stereocenters. The zero-order valence-corrected chi connectivity index (χ0v) is 14.2. The molecule has 2 heterocycles. The van der Waals surface area contributed by atoms with E-state index in [0.29, 0.717) is 27.6 Å². The summed E-state index contributed by atoms with van der Waals surface area (Å²) in [5.41, 5.74) is 5.87. The molecule has 1 atom stereocenters. The van der Waals surface area contributed by atoms with E-state index in [1.807, 2.05) is 4.57 Å². The van der Waals surface area contributed by atoms with Crippen LogP contribution in [0.4, 0.5) is 8.78 Å². The van der Waals surface area contributed by atoms with Gasteiger partial charge in [0.2, 0.25) is 0 Å². The highest BCUT2D eigenvalue weighted by atomic mass is 35.5. The molecule has 0 saturated heterocycles. The van der Waals surface area contributed by atoms with Gasteiger partial charge >= 0.3 is 0 Å². The molecule has 0 spiro atoms. The van der Waals surface area contributed by atoms with E-state index in [1.165, 1.54) is 11.1 Å². The van der Waals surface area contributed by atoms with Crippen LogP contribution in [-0.2, 0) is 0 Å². The summed E-state index contributed by atoms with van der Waals surface area (Å²) in [5.74, 6) is -1.22. The van der Waals surface area contributed by atoms with Crippen molar-refractivity contribution in [2.75, 3.05) is 6.54 Å². The average molecular weight is 366 g/mol.